The molecule has 0 heterocycles. The van der Waals surface area contributed by atoms with Crippen LogP contribution in [0.4, 0.5) is 4.79 Å². The Bertz CT molecular complexity index is 45.0. The molecule has 0 radical (unpaired) electrons. The summed E-state index contributed by atoms with van der Waals surface area (Å²) in [6, 6.07) is -0.833. The van der Waals surface area contributed by atoms with Crippen LogP contribution in [0.5, 0.6) is 0 Å². The molecule has 4 N–H and O–H groups in total. The average molecular weight is 180 g/mol. The van der Waals surface area contributed by atoms with Gasteiger partial charge in [0.2, 0.25) is 0 Å². The van der Waals surface area contributed by atoms with Gasteiger partial charge in [-0.1, -0.05) is 0 Å². The van der Waals surface area contributed by atoms with E-state index in [0.29, 0.717) is 0 Å². The van der Waals surface area contributed by atoms with Crippen molar-refractivity contribution in [3.05, 3.63) is 0 Å². The van der Waals surface area contributed by atoms with Crippen LogP contribution in [0.25, 0.3) is 0 Å². The molecular weight excluding hydrogens is 175 g/mol. The summed E-state index contributed by atoms with van der Waals surface area (Å²) in [6.45, 7) is 3.25. The summed E-state index contributed by atoms with van der Waals surface area (Å²) in [5, 5.41) is 0. The molecule has 0 unspecified atom stereocenters. The maximum Gasteiger partial charge on any atom is 0.309 e. The van der Waals surface area contributed by atoms with Gasteiger partial charge in [0.05, 0.1) is 0 Å². The van der Waals surface area contributed by atoms with Crippen molar-refractivity contribution in [1.29, 1.82) is 0 Å². The van der Waals surface area contributed by atoms with E-state index in [1.165, 1.54) is 0 Å². The fourth-order valence-electron chi connectivity index (χ4n) is 0. The van der Waals surface area contributed by atoms with Crippen LogP contribution in [-0.2, 0) is 31.0 Å². The van der Waals surface area contributed by atoms with Gasteiger partial charge in [-0.05, 0) is 0 Å². The molecule has 0 aromatic heterocycles. The Morgan fingerprint density at radius 1 is 1.29 bits per heavy atom. The molecule has 40 valence electrons. The summed E-state index contributed by atoms with van der Waals surface area (Å²) in [5.41, 5.74) is 8.50. The first-order valence-corrected chi connectivity index (χ1v) is 1.02. The van der Waals surface area contributed by atoms with Crippen LogP contribution < -0.4 is 11.5 Å². The molecule has 4 nitrogen and oxygen atoms in total. The zero-order chi connectivity index (χ0) is 5.58. The summed E-state index contributed by atoms with van der Waals surface area (Å²) in [6.07, 6.45) is 0. The van der Waals surface area contributed by atoms with Crippen LogP contribution in [0.3, 0.4) is 0 Å². The minimum absolute atomic E-state index is 0. The molecule has 0 fully saturated rings. The zero-order valence-corrected chi connectivity index (χ0v) is 6.01. The maximum atomic E-state index is 9.00. The fourth-order valence-corrected chi connectivity index (χ4v) is 0. The molecule has 5 heteroatoms. The molecule has 0 saturated heterocycles. The van der Waals surface area contributed by atoms with E-state index in [0.717, 1.165) is 0 Å². The van der Waals surface area contributed by atoms with Gasteiger partial charge in [0.25, 0.3) is 0 Å². The summed E-state index contributed by atoms with van der Waals surface area (Å²) in [4.78, 5) is 16.8. The molecule has 0 aliphatic heterocycles. The van der Waals surface area contributed by atoms with Gasteiger partial charge in [0.15, 0.2) is 0 Å². The summed E-state index contributed by atoms with van der Waals surface area (Å²) in [7, 11) is 0. The van der Waals surface area contributed by atoms with Gasteiger partial charge in [-0.2, -0.15) is 0 Å². The van der Waals surface area contributed by atoms with Gasteiger partial charge < -0.3 is 16.3 Å². The summed E-state index contributed by atoms with van der Waals surface area (Å²) in [5.74, 6) is 0. The Morgan fingerprint density at radius 2 is 1.29 bits per heavy atom. The molecular formula is C2H5N2O2Zr-. The Labute approximate surface area is 60.4 Å². The minimum Gasteiger partial charge on any atom is -0.545 e. The van der Waals surface area contributed by atoms with Gasteiger partial charge in [-0.25, -0.2) is 4.79 Å². The second kappa shape index (κ2) is 17.0. The first-order chi connectivity index (χ1) is 2.73. The predicted octanol–water partition coefficient (Wildman–Crippen LogP) is -1.25. The summed E-state index contributed by atoms with van der Waals surface area (Å²) < 4.78 is 0. The third-order valence-electron chi connectivity index (χ3n) is 0. The second-order valence-electron chi connectivity index (χ2n) is 0.402. The quantitative estimate of drug-likeness (QED) is 0.360. The standard InChI is InChI=1S/CH4N2O.CHO.Zr/c2-1(3)4;1-2;/h(H4,2,3,4);1H;/q;-1;. The number of nitrogens with two attached hydrogens (primary N) is 2. The van der Waals surface area contributed by atoms with E-state index in [1.54, 1.807) is 0 Å². The Hall–Kier alpha value is -0.177. The van der Waals surface area contributed by atoms with E-state index >= 15 is 0 Å². The van der Waals surface area contributed by atoms with Crippen molar-refractivity contribution in [3.8, 4) is 0 Å². The van der Waals surface area contributed by atoms with Gasteiger partial charge in [-0.3, -0.25) is 6.79 Å². The molecule has 0 rings (SSSR count). The molecule has 2 amide bonds. The van der Waals surface area contributed by atoms with Crippen molar-refractivity contribution >= 4 is 12.8 Å². The number of urea groups is 1. The third kappa shape index (κ3) is 2720. The molecule has 0 aromatic carbocycles. The normalized spacial score (nSPS) is 4.00. The van der Waals surface area contributed by atoms with Crippen LogP contribution in [0.1, 0.15) is 0 Å². The van der Waals surface area contributed by atoms with Crippen molar-refractivity contribution in [2.45, 2.75) is 0 Å². The molecule has 0 saturated carbocycles. The van der Waals surface area contributed by atoms with Crippen LogP contribution >= 0.6 is 0 Å². The number of carbonyl (C=O) groups is 1. The number of hydrogen-bond acceptors (Lipinski definition) is 2. The number of carbonyl (C=O) groups excluding carboxylic acids is 2. The van der Waals surface area contributed by atoms with Gasteiger partial charge in [0.1, 0.15) is 0 Å². The smallest absolute Gasteiger partial charge is 0.309 e. The molecule has 0 aliphatic carbocycles. The van der Waals surface area contributed by atoms with E-state index < -0.39 is 6.03 Å². The van der Waals surface area contributed by atoms with Crippen LogP contribution in [-0.4, -0.2) is 12.8 Å². The topological polar surface area (TPSA) is 86.2 Å². The van der Waals surface area contributed by atoms with Crippen molar-refractivity contribution in [1.82, 2.24) is 0 Å². The fraction of sp³-hybridized carbons (Fsp3) is 0. The number of primary amides is 2. The first kappa shape index (κ1) is 15.8. The van der Waals surface area contributed by atoms with Crippen LogP contribution in [0.2, 0.25) is 0 Å². The number of rotatable bonds is 0. The van der Waals surface area contributed by atoms with Gasteiger partial charge in [0, 0.05) is 26.2 Å². The van der Waals surface area contributed by atoms with Crippen molar-refractivity contribution in [2.24, 2.45) is 11.5 Å². The van der Waals surface area contributed by atoms with E-state index in [2.05, 4.69) is 18.3 Å². The van der Waals surface area contributed by atoms with Gasteiger partial charge >= 0.3 is 6.03 Å². The van der Waals surface area contributed by atoms with E-state index in [-0.39, 0.29) is 26.2 Å². The van der Waals surface area contributed by atoms with E-state index in [1.807, 2.05) is 0 Å². The molecule has 0 spiro atoms. The van der Waals surface area contributed by atoms with Crippen LogP contribution in [0, 0.1) is 0 Å². The van der Waals surface area contributed by atoms with Crippen LogP contribution in [0.15, 0.2) is 0 Å². The molecule has 0 bridgehead atoms. The van der Waals surface area contributed by atoms with Crippen molar-refractivity contribution in [2.75, 3.05) is 0 Å². The maximum absolute atomic E-state index is 9.00. The average Bonchev–Trinajstić information content (AvgIpc) is 1.41. The van der Waals surface area contributed by atoms with Gasteiger partial charge in [-0.15, -0.1) is 0 Å². The molecule has 0 aromatic rings. The Morgan fingerprint density at radius 3 is 1.29 bits per heavy atom. The molecule has 0 atom stereocenters. The first-order valence-electron chi connectivity index (χ1n) is 1.02. The minimum atomic E-state index is -0.833. The van der Waals surface area contributed by atoms with Crippen molar-refractivity contribution in [3.63, 3.8) is 0 Å². The number of hydrogen-bond donors (Lipinski definition) is 2. The molecule has 7 heavy (non-hydrogen) atoms. The Balaban J connectivity index is -0.0000000480. The SMILES string of the molecule is NC(N)=O.[CH-]=O.[Zr]. The van der Waals surface area contributed by atoms with E-state index in [4.69, 9.17) is 9.59 Å². The predicted molar refractivity (Wildman–Crippen MR) is 20.5 cm³/mol. The van der Waals surface area contributed by atoms with E-state index in [9.17, 15) is 0 Å². The zero-order valence-electron chi connectivity index (χ0n) is 3.55. The largest absolute Gasteiger partial charge is 0.545 e. The Kier molecular flexibility index (Phi) is 38.4. The third-order valence-corrected chi connectivity index (χ3v) is 0. The monoisotopic (exact) mass is 179 g/mol. The number of amides is 2. The second-order valence-corrected chi connectivity index (χ2v) is 0.402. The van der Waals surface area contributed by atoms with Crippen molar-refractivity contribution < 1.29 is 35.8 Å². The molecule has 0 aliphatic rings. The summed E-state index contributed by atoms with van der Waals surface area (Å²) >= 11 is 0.